The van der Waals surface area contributed by atoms with Gasteiger partial charge in [-0.25, -0.2) is 4.79 Å². The second-order valence-corrected chi connectivity index (χ2v) is 7.00. The van der Waals surface area contributed by atoms with Gasteiger partial charge in [0.25, 0.3) is 0 Å². The van der Waals surface area contributed by atoms with Crippen LogP contribution in [0.1, 0.15) is 41.4 Å². The maximum Gasteiger partial charge on any atom is 0.344 e. The topological polar surface area (TPSA) is 59.2 Å². The van der Waals surface area contributed by atoms with Crippen molar-refractivity contribution in [3.63, 3.8) is 0 Å². The second-order valence-electron chi connectivity index (χ2n) is 6.56. The molecule has 0 radical (unpaired) electrons. The van der Waals surface area contributed by atoms with E-state index in [0.717, 1.165) is 11.1 Å². The average Bonchev–Trinajstić information content (AvgIpc) is 2.66. The van der Waals surface area contributed by atoms with Crippen LogP contribution in [0.25, 0.3) is 11.3 Å². The number of nitrogens with one attached hydrogen (secondary N) is 1. The molecule has 3 rings (SSSR count). The van der Waals surface area contributed by atoms with E-state index in [-0.39, 0.29) is 23.5 Å². The number of aromatic amines is 1. The van der Waals surface area contributed by atoms with Crippen molar-refractivity contribution in [2.75, 3.05) is 0 Å². The van der Waals surface area contributed by atoms with Gasteiger partial charge in [0.2, 0.25) is 0 Å². The van der Waals surface area contributed by atoms with Crippen molar-refractivity contribution in [3.8, 4) is 11.3 Å². The molecule has 0 saturated carbocycles. The maximum atomic E-state index is 12.7. The molecule has 3 aromatic rings. The third-order valence-corrected chi connectivity index (χ3v) is 4.46. The van der Waals surface area contributed by atoms with Gasteiger partial charge in [0.1, 0.15) is 12.2 Å². The van der Waals surface area contributed by atoms with Crippen molar-refractivity contribution in [2.24, 2.45) is 0 Å². The number of hydrogen-bond acceptors (Lipinski definition) is 3. The van der Waals surface area contributed by atoms with Crippen LogP contribution in [0.5, 0.6) is 0 Å². The molecule has 0 aliphatic rings. The Bertz CT molecular complexity index is 992. The van der Waals surface area contributed by atoms with E-state index in [1.54, 1.807) is 12.1 Å². The molecule has 0 aliphatic heterocycles. The predicted molar refractivity (Wildman–Crippen MR) is 107 cm³/mol. The number of aromatic nitrogens is 1. The van der Waals surface area contributed by atoms with Crippen LogP contribution >= 0.6 is 11.6 Å². The lowest BCUT2D eigenvalue weighted by Crippen LogP contribution is -2.22. The number of benzene rings is 2. The molecule has 0 fully saturated rings. The predicted octanol–water partition coefficient (Wildman–Crippen LogP) is 5.18. The number of esters is 1. The van der Waals surface area contributed by atoms with E-state index in [0.29, 0.717) is 16.4 Å². The summed E-state index contributed by atoms with van der Waals surface area (Å²) >= 11 is 5.93. The Morgan fingerprint density at radius 1 is 1.07 bits per heavy atom. The van der Waals surface area contributed by atoms with Crippen LogP contribution in [-0.2, 0) is 11.3 Å². The van der Waals surface area contributed by atoms with E-state index in [9.17, 15) is 9.59 Å². The smallest absolute Gasteiger partial charge is 0.344 e. The standard InChI is InChI=1S/C22H20ClNO3/c1-14(2)21-20(22(26)27-13-15-6-4-3-5-7-15)19(25)12-18(24-21)16-8-10-17(23)11-9-16/h3-12,14H,13H2,1-2H3,(H,24,25). The van der Waals surface area contributed by atoms with Crippen molar-refractivity contribution >= 4 is 17.6 Å². The van der Waals surface area contributed by atoms with Gasteiger partial charge in [-0.3, -0.25) is 4.79 Å². The number of carbonyl (C=O) groups excluding carboxylic acids is 1. The summed E-state index contributed by atoms with van der Waals surface area (Å²) in [6.45, 7) is 3.96. The highest BCUT2D eigenvalue weighted by molar-refractivity contribution is 6.30. The fourth-order valence-corrected chi connectivity index (χ4v) is 2.93. The lowest BCUT2D eigenvalue weighted by molar-refractivity contribution is 0.0469. The van der Waals surface area contributed by atoms with E-state index in [2.05, 4.69) is 4.98 Å². The SMILES string of the molecule is CC(C)c1[nH]c(-c2ccc(Cl)cc2)cc(=O)c1C(=O)OCc1ccccc1. The molecule has 0 aliphatic carbocycles. The number of pyridine rings is 1. The summed E-state index contributed by atoms with van der Waals surface area (Å²) in [5.74, 6) is -0.671. The monoisotopic (exact) mass is 381 g/mol. The zero-order chi connectivity index (χ0) is 19.4. The van der Waals surface area contributed by atoms with Gasteiger partial charge >= 0.3 is 5.97 Å². The highest BCUT2D eigenvalue weighted by Gasteiger charge is 2.21. The first-order valence-corrected chi connectivity index (χ1v) is 9.07. The third kappa shape index (κ3) is 4.47. The summed E-state index contributed by atoms with van der Waals surface area (Å²) in [4.78, 5) is 28.5. The average molecular weight is 382 g/mol. The molecular formula is C22H20ClNO3. The Balaban J connectivity index is 1.93. The van der Waals surface area contributed by atoms with E-state index >= 15 is 0 Å². The zero-order valence-electron chi connectivity index (χ0n) is 15.2. The largest absolute Gasteiger partial charge is 0.457 e. The van der Waals surface area contributed by atoms with Gasteiger partial charge in [-0.05, 0) is 29.2 Å². The van der Waals surface area contributed by atoms with Crippen LogP contribution in [0, 0.1) is 0 Å². The molecule has 0 saturated heterocycles. The van der Waals surface area contributed by atoms with Gasteiger partial charge in [0.15, 0.2) is 5.43 Å². The summed E-state index contributed by atoms with van der Waals surface area (Å²) in [6.07, 6.45) is 0. The van der Waals surface area contributed by atoms with Crippen molar-refractivity contribution in [1.29, 1.82) is 0 Å². The van der Waals surface area contributed by atoms with Crippen LogP contribution in [-0.4, -0.2) is 11.0 Å². The van der Waals surface area contributed by atoms with E-state index in [1.807, 2.05) is 56.3 Å². The lowest BCUT2D eigenvalue weighted by atomic mass is 10.0. The Morgan fingerprint density at radius 3 is 2.37 bits per heavy atom. The van der Waals surface area contributed by atoms with Crippen molar-refractivity contribution in [2.45, 2.75) is 26.4 Å². The molecule has 0 amide bonds. The quantitative estimate of drug-likeness (QED) is 0.620. The van der Waals surface area contributed by atoms with Gasteiger partial charge in [-0.1, -0.05) is 67.9 Å². The molecule has 0 unspecified atom stereocenters. The molecular weight excluding hydrogens is 362 g/mol. The molecule has 1 aromatic heterocycles. The summed E-state index contributed by atoms with van der Waals surface area (Å²) in [6, 6.07) is 18.0. The molecule has 138 valence electrons. The van der Waals surface area contributed by atoms with Crippen LogP contribution in [0.4, 0.5) is 0 Å². The summed E-state index contributed by atoms with van der Waals surface area (Å²) in [7, 11) is 0. The number of H-pyrrole nitrogens is 1. The first kappa shape index (κ1) is 18.9. The minimum absolute atomic E-state index is 0.0516. The van der Waals surface area contributed by atoms with Crippen molar-refractivity contribution in [3.05, 3.63) is 92.7 Å². The fourth-order valence-electron chi connectivity index (χ4n) is 2.80. The van der Waals surface area contributed by atoms with Crippen LogP contribution in [0.15, 0.2) is 65.5 Å². The van der Waals surface area contributed by atoms with Gasteiger partial charge < -0.3 is 9.72 Å². The highest BCUT2D eigenvalue weighted by Crippen LogP contribution is 2.23. The molecule has 0 bridgehead atoms. The van der Waals surface area contributed by atoms with Crippen LogP contribution in [0.2, 0.25) is 5.02 Å². The Kier molecular flexibility index (Phi) is 5.77. The minimum atomic E-state index is -0.619. The number of ether oxygens (including phenoxy) is 1. The Labute approximate surface area is 162 Å². The Hall–Kier alpha value is -2.85. The number of rotatable bonds is 5. The van der Waals surface area contributed by atoms with Gasteiger partial charge in [0, 0.05) is 22.5 Å². The maximum absolute atomic E-state index is 12.7. The summed E-state index contributed by atoms with van der Waals surface area (Å²) < 4.78 is 5.37. The molecule has 1 heterocycles. The zero-order valence-corrected chi connectivity index (χ0v) is 15.9. The molecule has 0 spiro atoms. The van der Waals surface area contributed by atoms with Crippen molar-refractivity contribution in [1.82, 2.24) is 4.98 Å². The molecule has 4 nitrogen and oxygen atoms in total. The first-order valence-electron chi connectivity index (χ1n) is 8.70. The number of carbonyl (C=O) groups is 1. The van der Waals surface area contributed by atoms with Crippen LogP contribution in [0.3, 0.4) is 0 Å². The molecule has 2 aromatic carbocycles. The van der Waals surface area contributed by atoms with Gasteiger partial charge in [0.05, 0.1) is 0 Å². The minimum Gasteiger partial charge on any atom is -0.457 e. The summed E-state index contributed by atoms with van der Waals surface area (Å²) in [5, 5.41) is 0.617. The first-order chi connectivity index (χ1) is 13.0. The highest BCUT2D eigenvalue weighted by atomic mass is 35.5. The number of hydrogen-bond donors (Lipinski definition) is 1. The molecule has 0 atom stereocenters. The van der Waals surface area contributed by atoms with Crippen LogP contribution < -0.4 is 5.43 Å². The van der Waals surface area contributed by atoms with Gasteiger partial charge in [-0.15, -0.1) is 0 Å². The van der Waals surface area contributed by atoms with E-state index in [4.69, 9.17) is 16.3 Å². The fraction of sp³-hybridized carbons (Fsp3) is 0.182. The lowest BCUT2D eigenvalue weighted by Gasteiger charge is -2.14. The van der Waals surface area contributed by atoms with Crippen molar-refractivity contribution < 1.29 is 9.53 Å². The van der Waals surface area contributed by atoms with E-state index < -0.39 is 5.97 Å². The molecule has 1 N–H and O–H groups in total. The molecule has 27 heavy (non-hydrogen) atoms. The normalized spacial score (nSPS) is 10.8. The number of halogens is 1. The third-order valence-electron chi connectivity index (χ3n) is 4.21. The molecule has 5 heteroatoms. The van der Waals surface area contributed by atoms with E-state index in [1.165, 1.54) is 6.07 Å². The summed E-state index contributed by atoms with van der Waals surface area (Å²) in [5.41, 5.74) is 2.58. The second kappa shape index (κ2) is 8.23. The van der Waals surface area contributed by atoms with Gasteiger partial charge in [-0.2, -0.15) is 0 Å². The Morgan fingerprint density at radius 2 is 1.74 bits per heavy atom.